The van der Waals surface area contributed by atoms with E-state index in [0.717, 1.165) is 23.0 Å². The largest absolute Gasteiger partial charge is 0.397 e. The summed E-state index contributed by atoms with van der Waals surface area (Å²) in [4.78, 5) is 15.6. The van der Waals surface area contributed by atoms with Crippen LogP contribution in [0.15, 0.2) is 36.7 Å². The third kappa shape index (κ3) is 3.61. The first kappa shape index (κ1) is 19.9. The molecule has 7 nitrogen and oxygen atoms in total. The van der Waals surface area contributed by atoms with E-state index in [0.29, 0.717) is 47.9 Å². The highest BCUT2D eigenvalue weighted by atomic mass is 19.1. The van der Waals surface area contributed by atoms with E-state index in [4.69, 9.17) is 20.9 Å². The number of ether oxygens (including phenoxy) is 1. The number of morpholine rings is 1. The minimum absolute atomic E-state index is 0.138. The molecule has 1 aliphatic heterocycles. The Labute approximate surface area is 173 Å². The number of halogens is 1. The molecular formula is C22H23FN6O. The molecule has 0 unspecified atom stereocenters. The molecule has 0 bridgehead atoms. The minimum atomic E-state index is -0.365. The van der Waals surface area contributed by atoms with Crippen LogP contribution in [0.5, 0.6) is 0 Å². The van der Waals surface area contributed by atoms with Crippen LogP contribution in [-0.2, 0) is 4.74 Å². The normalized spacial score (nSPS) is 17.4. The second kappa shape index (κ2) is 8.16. The van der Waals surface area contributed by atoms with Crippen LogP contribution in [-0.4, -0.2) is 47.0 Å². The van der Waals surface area contributed by atoms with Crippen molar-refractivity contribution in [3.8, 4) is 11.1 Å². The number of aromatic nitrogens is 3. The number of nitrogens with zero attached hydrogens (tertiary/aromatic N) is 4. The van der Waals surface area contributed by atoms with Crippen molar-refractivity contribution in [2.75, 3.05) is 24.7 Å². The van der Waals surface area contributed by atoms with Gasteiger partial charge in [0.25, 0.3) is 0 Å². The van der Waals surface area contributed by atoms with E-state index in [-0.39, 0.29) is 11.9 Å². The molecule has 3 N–H and O–H groups in total. The molecule has 1 aliphatic rings. The molecule has 8 heteroatoms. The highest BCUT2D eigenvalue weighted by Gasteiger charge is 2.23. The van der Waals surface area contributed by atoms with Crippen molar-refractivity contribution in [2.24, 2.45) is 5.73 Å². The van der Waals surface area contributed by atoms with Crippen LogP contribution in [0.2, 0.25) is 0 Å². The quantitative estimate of drug-likeness (QED) is 0.645. The standard InChI is InChI=1S/C22H23FN6O/c1-13-12-30-8-7-29(13)20-10-17(15-9-18(23)14(2)27-11-15)16-4-6-26-22(21(16)28-20)19(25)3-5-24/h3-6,9-11,13,24H,7-8,12,25H2,1-2H3/b19-3-,24-5?/t13-/m1/s1. The minimum Gasteiger partial charge on any atom is -0.397 e. The van der Waals surface area contributed by atoms with Gasteiger partial charge in [-0.05, 0) is 43.7 Å². The number of nitrogens with one attached hydrogen (secondary N) is 1. The van der Waals surface area contributed by atoms with Gasteiger partial charge in [-0.3, -0.25) is 9.97 Å². The second-order valence-corrected chi connectivity index (χ2v) is 7.28. The van der Waals surface area contributed by atoms with Gasteiger partial charge in [0.1, 0.15) is 22.8 Å². The van der Waals surface area contributed by atoms with Crippen molar-refractivity contribution < 1.29 is 9.13 Å². The molecule has 3 aromatic heterocycles. The molecule has 0 aliphatic carbocycles. The highest BCUT2D eigenvalue weighted by Crippen LogP contribution is 2.34. The molecule has 154 valence electrons. The van der Waals surface area contributed by atoms with Crippen molar-refractivity contribution in [3.63, 3.8) is 0 Å². The summed E-state index contributed by atoms with van der Waals surface area (Å²) in [5, 5.41) is 8.13. The molecule has 0 aromatic carbocycles. The first-order chi connectivity index (χ1) is 14.5. The number of fused-ring (bicyclic) bond motifs is 1. The van der Waals surface area contributed by atoms with Gasteiger partial charge in [0.15, 0.2) is 0 Å². The number of pyridine rings is 3. The SMILES string of the molecule is Cc1ncc(-c2cc(N3CCOC[C@H]3C)nc3c(/C(N)=C/C=N)nccc23)cc1F. The molecule has 3 aromatic rings. The fourth-order valence-electron chi connectivity index (χ4n) is 3.63. The Morgan fingerprint density at radius 2 is 2.20 bits per heavy atom. The topological polar surface area (TPSA) is 101 Å². The molecule has 1 fully saturated rings. The van der Waals surface area contributed by atoms with Crippen LogP contribution in [0.25, 0.3) is 27.7 Å². The third-order valence-electron chi connectivity index (χ3n) is 5.25. The van der Waals surface area contributed by atoms with Gasteiger partial charge in [-0.15, -0.1) is 0 Å². The molecule has 0 radical (unpaired) electrons. The average Bonchev–Trinajstić information content (AvgIpc) is 2.75. The Kier molecular flexibility index (Phi) is 5.41. The molecule has 0 saturated carbocycles. The summed E-state index contributed by atoms with van der Waals surface area (Å²) in [6.45, 7) is 5.61. The summed E-state index contributed by atoms with van der Waals surface area (Å²) in [6, 6.07) is 5.42. The molecular weight excluding hydrogens is 383 g/mol. The lowest BCUT2D eigenvalue weighted by atomic mass is 10.0. The maximum absolute atomic E-state index is 14.3. The molecule has 0 amide bonds. The Hall–Kier alpha value is -3.39. The monoisotopic (exact) mass is 406 g/mol. The summed E-state index contributed by atoms with van der Waals surface area (Å²) < 4.78 is 19.9. The van der Waals surface area contributed by atoms with Crippen LogP contribution in [0.4, 0.5) is 10.2 Å². The molecule has 4 rings (SSSR count). The van der Waals surface area contributed by atoms with Crippen molar-refractivity contribution >= 4 is 28.6 Å². The Morgan fingerprint density at radius 3 is 2.93 bits per heavy atom. The number of aryl methyl sites for hydroxylation is 1. The third-order valence-corrected chi connectivity index (χ3v) is 5.25. The van der Waals surface area contributed by atoms with Crippen molar-refractivity contribution in [1.29, 1.82) is 5.41 Å². The van der Waals surface area contributed by atoms with Crippen molar-refractivity contribution in [3.05, 3.63) is 53.9 Å². The Balaban J connectivity index is 2.01. The van der Waals surface area contributed by atoms with Gasteiger partial charge < -0.3 is 20.8 Å². The fourth-order valence-corrected chi connectivity index (χ4v) is 3.63. The lowest BCUT2D eigenvalue weighted by Crippen LogP contribution is -2.44. The van der Waals surface area contributed by atoms with Gasteiger partial charge in [-0.25, -0.2) is 9.37 Å². The Morgan fingerprint density at radius 1 is 1.37 bits per heavy atom. The van der Waals surface area contributed by atoms with Crippen LogP contribution in [0.3, 0.4) is 0 Å². The van der Waals surface area contributed by atoms with E-state index in [1.807, 2.05) is 12.1 Å². The zero-order valence-corrected chi connectivity index (χ0v) is 16.9. The van der Waals surface area contributed by atoms with Gasteiger partial charge in [0.05, 0.1) is 30.6 Å². The summed E-state index contributed by atoms with van der Waals surface area (Å²) >= 11 is 0. The lowest BCUT2D eigenvalue weighted by molar-refractivity contribution is 0.0986. The molecule has 0 spiro atoms. The van der Waals surface area contributed by atoms with Gasteiger partial charge in [0, 0.05) is 36.1 Å². The fraction of sp³-hybridized carbons (Fsp3) is 0.273. The molecule has 1 atom stereocenters. The smallest absolute Gasteiger partial charge is 0.145 e. The molecule has 30 heavy (non-hydrogen) atoms. The zero-order chi connectivity index (χ0) is 21.3. The lowest BCUT2D eigenvalue weighted by Gasteiger charge is -2.34. The van der Waals surface area contributed by atoms with E-state index in [1.165, 1.54) is 12.1 Å². The van der Waals surface area contributed by atoms with Gasteiger partial charge in [-0.2, -0.15) is 0 Å². The van der Waals surface area contributed by atoms with Crippen LogP contribution >= 0.6 is 0 Å². The number of anilines is 1. The zero-order valence-electron chi connectivity index (χ0n) is 16.9. The van der Waals surface area contributed by atoms with Crippen molar-refractivity contribution in [2.45, 2.75) is 19.9 Å². The van der Waals surface area contributed by atoms with Gasteiger partial charge >= 0.3 is 0 Å². The molecule has 1 saturated heterocycles. The maximum atomic E-state index is 14.3. The van der Waals surface area contributed by atoms with Crippen molar-refractivity contribution in [1.82, 2.24) is 15.0 Å². The average molecular weight is 406 g/mol. The summed E-state index contributed by atoms with van der Waals surface area (Å²) in [7, 11) is 0. The van der Waals surface area contributed by atoms with E-state index < -0.39 is 0 Å². The number of hydrogen-bond donors (Lipinski definition) is 2. The van der Waals surface area contributed by atoms with E-state index in [9.17, 15) is 4.39 Å². The maximum Gasteiger partial charge on any atom is 0.145 e. The number of hydrogen-bond acceptors (Lipinski definition) is 7. The first-order valence-electron chi connectivity index (χ1n) is 9.73. The summed E-state index contributed by atoms with van der Waals surface area (Å²) in [5.74, 6) is 0.377. The van der Waals surface area contributed by atoms with E-state index >= 15 is 0 Å². The summed E-state index contributed by atoms with van der Waals surface area (Å²) in [6.07, 6.45) is 5.89. The highest BCUT2D eigenvalue weighted by molar-refractivity contribution is 6.01. The van der Waals surface area contributed by atoms with Crippen LogP contribution in [0, 0.1) is 18.2 Å². The van der Waals surface area contributed by atoms with Crippen LogP contribution < -0.4 is 10.6 Å². The van der Waals surface area contributed by atoms with Gasteiger partial charge in [-0.1, -0.05) is 0 Å². The predicted molar refractivity (Wildman–Crippen MR) is 116 cm³/mol. The van der Waals surface area contributed by atoms with Crippen LogP contribution in [0.1, 0.15) is 18.3 Å². The Bertz CT molecular complexity index is 1150. The first-order valence-corrected chi connectivity index (χ1v) is 9.73. The van der Waals surface area contributed by atoms with E-state index in [2.05, 4.69) is 21.8 Å². The van der Waals surface area contributed by atoms with Gasteiger partial charge in [0.2, 0.25) is 0 Å². The molecule has 4 heterocycles. The number of rotatable bonds is 4. The second-order valence-electron chi connectivity index (χ2n) is 7.28. The van der Waals surface area contributed by atoms with E-state index in [1.54, 1.807) is 19.3 Å². The number of nitrogens with two attached hydrogens (primary N) is 1. The predicted octanol–water partition coefficient (Wildman–Crippen LogP) is 3.31. The number of allylic oxidation sites excluding steroid dienone is 1. The summed E-state index contributed by atoms with van der Waals surface area (Å²) in [5.41, 5.74) is 9.38.